The highest BCUT2D eigenvalue weighted by Crippen LogP contribution is 2.35. The fourth-order valence-corrected chi connectivity index (χ4v) is 3.11. The maximum atomic E-state index is 13.2. The van der Waals surface area contributed by atoms with E-state index in [1.165, 1.54) is 6.26 Å². The molecule has 3 aromatic heterocycles. The molecule has 14 heteroatoms. The van der Waals surface area contributed by atoms with Crippen LogP contribution in [0.5, 0.6) is 0 Å². The molecule has 0 unspecified atom stereocenters. The predicted molar refractivity (Wildman–Crippen MR) is 119 cm³/mol. The van der Waals surface area contributed by atoms with Crippen molar-refractivity contribution in [2.45, 2.75) is 37.6 Å². The second-order valence-electron chi connectivity index (χ2n) is 8.57. The third kappa shape index (κ3) is 4.72. The van der Waals surface area contributed by atoms with Gasteiger partial charge in [0.15, 0.2) is 5.82 Å². The predicted octanol–water partition coefficient (Wildman–Crippen LogP) is 0.648. The van der Waals surface area contributed by atoms with Gasteiger partial charge in [-0.1, -0.05) is 0 Å². The van der Waals surface area contributed by atoms with Gasteiger partial charge in [0.05, 0.1) is 17.3 Å². The van der Waals surface area contributed by atoms with E-state index in [1.807, 2.05) is 42.1 Å². The highest BCUT2D eigenvalue weighted by atomic mass is 19.4. The number of rotatable bonds is 7. The first-order valence-electron chi connectivity index (χ1n) is 9.80. The minimum atomic E-state index is -4.56. The summed E-state index contributed by atoms with van der Waals surface area (Å²) in [4.78, 5) is 12.1. The Morgan fingerprint density at radius 1 is 1.16 bits per heavy atom. The van der Waals surface area contributed by atoms with Crippen molar-refractivity contribution in [3.63, 3.8) is 0 Å². The molecule has 162 valence electrons. The Bertz CT molecular complexity index is 1050. The summed E-state index contributed by atoms with van der Waals surface area (Å²) in [5.74, 6) is 0.627. The number of aromatic nitrogens is 5. The molecule has 0 saturated carbocycles. The zero-order chi connectivity index (χ0) is 23.0. The molecule has 0 saturated heterocycles. The van der Waals surface area contributed by atoms with E-state index in [9.17, 15) is 13.2 Å². The lowest BCUT2D eigenvalue weighted by atomic mass is 9.49. The maximum Gasteiger partial charge on any atom is 0.421 e. The largest absolute Gasteiger partial charge is 0.448 e. The van der Waals surface area contributed by atoms with Crippen LogP contribution in [0.2, 0.25) is 0 Å². The van der Waals surface area contributed by atoms with Crippen molar-refractivity contribution in [2.24, 2.45) is 0 Å². The van der Waals surface area contributed by atoms with Crippen LogP contribution in [0.25, 0.3) is 0 Å². The van der Waals surface area contributed by atoms with Crippen LogP contribution in [0, 0.1) is 0 Å². The molecule has 0 aliphatic carbocycles. The van der Waals surface area contributed by atoms with E-state index in [-0.39, 0.29) is 23.5 Å². The van der Waals surface area contributed by atoms with Crippen LogP contribution in [0.1, 0.15) is 37.9 Å². The molecule has 31 heavy (non-hydrogen) atoms. The highest BCUT2D eigenvalue weighted by Gasteiger charge is 2.36. The fourth-order valence-electron chi connectivity index (χ4n) is 3.11. The minimum absolute atomic E-state index is 0.00277. The van der Waals surface area contributed by atoms with E-state index in [2.05, 4.69) is 30.7 Å². The van der Waals surface area contributed by atoms with Crippen molar-refractivity contribution >= 4 is 41.1 Å². The first kappa shape index (κ1) is 22.8. The van der Waals surface area contributed by atoms with Crippen molar-refractivity contribution in [2.75, 3.05) is 17.2 Å². The number of alkyl halides is 3. The number of halogens is 3. The van der Waals surface area contributed by atoms with E-state index < -0.39 is 17.2 Å². The molecule has 0 amide bonds. The van der Waals surface area contributed by atoms with Gasteiger partial charge >= 0.3 is 6.18 Å². The average molecular weight is 431 g/mol. The first-order chi connectivity index (χ1) is 14.3. The lowest BCUT2D eigenvalue weighted by Crippen LogP contribution is -2.40. The summed E-state index contributed by atoms with van der Waals surface area (Å²) in [5, 5.41) is 9.79. The van der Waals surface area contributed by atoms with Gasteiger partial charge in [-0.15, -0.1) is 0 Å². The molecule has 0 aliphatic rings. The normalized spacial score (nSPS) is 12.7. The number of nitrogens with zero attached hydrogens (tertiary/aromatic N) is 5. The van der Waals surface area contributed by atoms with Crippen molar-refractivity contribution < 1.29 is 17.6 Å². The molecule has 0 bridgehead atoms. The molecule has 8 nitrogen and oxygen atoms in total. The summed E-state index contributed by atoms with van der Waals surface area (Å²) in [6, 6.07) is 1.80. The van der Waals surface area contributed by atoms with Gasteiger partial charge in [-0.05, 0) is 26.0 Å². The van der Waals surface area contributed by atoms with E-state index in [0.717, 1.165) is 11.9 Å². The van der Waals surface area contributed by atoms with Gasteiger partial charge in [-0.25, -0.2) is 9.97 Å². The summed E-state index contributed by atoms with van der Waals surface area (Å²) in [5.41, 5.74) is -0.728. The topological polar surface area (TPSA) is 93.7 Å². The molecule has 0 aliphatic heterocycles. The summed E-state index contributed by atoms with van der Waals surface area (Å²) >= 11 is 0. The standard InChI is InChI=1S/C17H23B3F3N7O/c1-4-24-12-9(16(21,22)23)8-26-14(28-12)27-11-7-10(30(29-11)17(18,19)20)15(2,3)13-25-5-6-31-13/h5-8H,4,18-20H2,1-3H3,(H2,24,26,27,28,29). The number of hydrogen-bond acceptors (Lipinski definition) is 7. The molecule has 0 atom stereocenters. The van der Waals surface area contributed by atoms with Crippen molar-refractivity contribution in [1.29, 1.82) is 0 Å². The quantitative estimate of drug-likeness (QED) is 0.531. The van der Waals surface area contributed by atoms with E-state index in [1.54, 1.807) is 19.2 Å². The smallest absolute Gasteiger partial charge is 0.421 e. The Morgan fingerprint density at radius 2 is 1.87 bits per heavy atom. The number of oxazole rings is 1. The summed E-state index contributed by atoms with van der Waals surface area (Å²) in [6.07, 6.45) is -0.721. The van der Waals surface area contributed by atoms with Crippen molar-refractivity contribution in [1.82, 2.24) is 24.7 Å². The molecule has 2 N–H and O–H groups in total. The zero-order valence-corrected chi connectivity index (χ0v) is 18.3. The highest BCUT2D eigenvalue weighted by molar-refractivity contribution is 6.56. The Balaban J connectivity index is 2.01. The second-order valence-corrected chi connectivity index (χ2v) is 8.57. The Hall–Kier alpha value is -2.92. The Morgan fingerprint density at radius 3 is 2.42 bits per heavy atom. The molecular formula is C17H23B3F3N7O. The lowest BCUT2D eigenvalue weighted by molar-refractivity contribution is -0.137. The van der Waals surface area contributed by atoms with E-state index in [4.69, 9.17) is 4.42 Å². The van der Waals surface area contributed by atoms with E-state index in [0.29, 0.717) is 11.7 Å². The average Bonchev–Trinajstić information content (AvgIpc) is 3.31. The SMILES string of the molecule is BC(B)(B)n1nc(Nc2ncc(C(F)(F)F)c(NCC)n2)cc1C(C)(C)c1ncco1. The third-order valence-corrected chi connectivity index (χ3v) is 4.63. The molecule has 0 aromatic carbocycles. The fraction of sp³-hybridized carbons (Fsp3) is 0.412. The van der Waals surface area contributed by atoms with Crippen LogP contribution in [0.4, 0.5) is 30.8 Å². The molecule has 3 rings (SSSR count). The Labute approximate surface area is 180 Å². The van der Waals surface area contributed by atoms with Gasteiger partial charge in [0.2, 0.25) is 11.8 Å². The maximum absolute atomic E-state index is 13.2. The monoisotopic (exact) mass is 431 g/mol. The summed E-state index contributed by atoms with van der Waals surface area (Å²) in [7, 11) is 5.99. The second kappa shape index (κ2) is 7.97. The lowest BCUT2D eigenvalue weighted by Gasteiger charge is -2.29. The summed E-state index contributed by atoms with van der Waals surface area (Å²) < 4.78 is 47.0. The number of nitrogens with one attached hydrogen (secondary N) is 2. The van der Waals surface area contributed by atoms with Gasteiger partial charge in [-0.3, -0.25) is 4.68 Å². The number of anilines is 3. The van der Waals surface area contributed by atoms with Crippen LogP contribution in [0.15, 0.2) is 29.1 Å². The van der Waals surface area contributed by atoms with E-state index >= 15 is 0 Å². The molecule has 0 fully saturated rings. The molecule has 0 radical (unpaired) electrons. The van der Waals surface area contributed by atoms with Gasteiger partial charge in [0, 0.05) is 18.8 Å². The molecule has 0 spiro atoms. The van der Waals surface area contributed by atoms with Crippen molar-refractivity contribution in [3.05, 3.63) is 41.9 Å². The van der Waals surface area contributed by atoms with Gasteiger partial charge < -0.3 is 15.1 Å². The summed E-state index contributed by atoms with van der Waals surface area (Å²) in [6.45, 7) is 5.89. The molecule has 3 aromatic rings. The molecular weight excluding hydrogens is 408 g/mol. The first-order valence-corrected chi connectivity index (χ1v) is 9.80. The Kier molecular flexibility index (Phi) is 5.85. The van der Waals surface area contributed by atoms with Crippen LogP contribution < -0.4 is 10.6 Å². The van der Waals surface area contributed by atoms with Crippen LogP contribution in [-0.2, 0) is 16.8 Å². The van der Waals surface area contributed by atoms with Crippen molar-refractivity contribution in [3.8, 4) is 0 Å². The van der Waals surface area contributed by atoms with Crippen LogP contribution >= 0.6 is 0 Å². The van der Waals surface area contributed by atoms with Gasteiger partial charge in [-0.2, -0.15) is 23.3 Å². The van der Waals surface area contributed by atoms with Crippen LogP contribution in [0.3, 0.4) is 0 Å². The van der Waals surface area contributed by atoms with Gasteiger partial charge in [0.1, 0.15) is 41.2 Å². The minimum Gasteiger partial charge on any atom is -0.448 e. The molecule has 3 heterocycles. The zero-order valence-electron chi connectivity index (χ0n) is 18.3. The third-order valence-electron chi connectivity index (χ3n) is 4.63. The van der Waals surface area contributed by atoms with Gasteiger partial charge in [0.25, 0.3) is 0 Å². The number of hydrogen-bond donors (Lipinski definition) is 2. The van der Waals surface area contributed by atoms with Crippen LogP contribution in [-0.4, -0.2) is 54.8 Å².